The van der Waals surface area contributed by atoms with Crippen LogP contribution in [0.25, 0.3) is 10.9 Å². The first-order chi connectivity index (χ1) is 21.5. The number of hydrogen-bond acceptors (Lipinski definition) is 9. The highest BCUT2D eigenvalue weighted by molar-refractivity contribution is 5.96. The predicted molar refractivity (Wildman–Crippen MR) is 172 cm³/mol. The number of ether oxygens (including phenoxy) is 4. The van der Waals surface area contributed by atoms with Gasteiger partial charge in [0.25, 0.3) is 0 Å². The fourth-order valence-electron chi connectivity index (χ4n) is 5.96. The highest BCUT2D eigenvalue weighted by atomic mass is 16.6. The number of nitrogens with zero attached hydrogens (tertiary/aromatic N) is 2. The van der Waals surface area contributed by atoms with Gasteiger partial charge in [-0.15, -0.1) is 6.58 Å². The molecule has 2 amide bonds. The normalized spacial score (nSPS) is 23.3. The van der Waals surface area contributed by atoms with E-state index in [0.29, 0.717) is 23.4 Å². The van der Waals surface area contributed by atoms with E-state index in [1.165, 1.54) is 4.90 Å². The topological polar surface area (TPSA) is 133 Å². The third-order valence-electron chi connectivity index (χ3n) is 8.47. The van der Waals surface area contributed by atoms with Crippen molar-refractivity contribution < 1.29 is 38.1 Å². The van der Waals surface area contributed by atoms with Gasteiger partial charge in [-0.1, -0.05) is 26.8 Å². The van der Waals surface area contributed by atoms with Gasteiger partial charge in [0, 0.05) is 30.0 Å². The Morgan fingerprint density at radius 1 is 1.15 bits per heavy atom. The summed E-state index contributed by atoms with van der Waals surface area (Å²) in [5.74, 6) is -1.77. The number of nitrogens with one attached hydrogen (secondary N) is 1. The zero-order valence-electron chi connectivity index (χ0n) is 28.2. The number of hydrogen-bond donors (Lipinski definition) is 1. The lowest BCUT2D eigenvalue weighted by atomic mass is 9.77. The van der Waals surface area contributed by atoms with Gasteiger partial charge in [0.15, 0.2) is 0 Å². The summed E-state index contributed by atoms with van der Waals surface area (Å²) in [6.45, 7) is 16.7. The molecule has 2 aliphatic rings. The van der Waals surface area contributed by atoms with Crippen LogP contribution in [0.15, 0.2) is 43.1 Å². The number of methoxy groups -OCH3 is 1. The number of benzene rings is 1. The lowest BCUT2D eigenvalue weighted by Crippen LogP contribution is -2.55. The molecule has 1 aliphatic carbocycles. The Morgan fingerprint density at radius 3 is 2.46 bits per heavy atom. The van der Waals surface area contributed by atoms with Crippen molar-refractivity contribution in [2.75, 3.05) is 20.3 Å². The molecule has 0 spiro atoms. The predicted octanol–water partition coefficient (Wildman–Crippen LogP) is 4.61. The van der Waals surface area contributed by atoms with E-state index in [1.807, 2.05) is 32.9 Å². The van der Waals surface area contributed by atoms with Crippen LogP contribution in [-0.4, -0.2) is 77.2 Å². The van der Waals surface area contributed by atoms with Crippen LogP contribution in [0.5, 0.6) is 11.5 Å². The van der Waals surface area contributed by atoms with Gasteiger partial charge in [-0.25, -0.2) is 4.79 Å². The number of rotatable bonds is 11. The quantitative estimate of drug-likeness (QED) is 0.277. The Labute approximate surface area is 271 Å². The minimum Gasteiger partial charge on any atom is -0.497 e. The average molecular weight is 638 g/mol. The Bertz CT molecular complexity index is 1490. The second-order valence-corrected chi connectivity index (χ2v) is 14.1. The maximum absolute atomic E-state index is 14.4. The Balaban J connectivity index is 1.66. The Morgan fingerprint density at radius 2 is 1.87 bits per heavy atom. The molecule has 0 unspecified atom stereocenters. The molecule has 1 saturated heterocycles. The number of likely N-dealkylation sites (tertiary alicyclic amines) is 1. The van der Waals surface area contributed by atoms with E-state index < -0.39 is 52.5 Å². The molecule has 1 aromatic heterocycles. The van der Waals surface area contributed by atoms with Crippen LogP contribution in [0.2, 0.25) is 0 Å². The van der Waals surface area contributed by atoms with Crippen molar-refractivity contribution in [2.24, 2.45) is 17.3 Å². The number of aromatic nitrogens is 1. The van der Waals surface area contributed by atoms with Gasteiger partial charge in [-0.2, -0.15) is 0 Å². The van der Waals surface area contributed by atoms with Crippen molar-refractivity contribution in [2.45, 2.75) is 91.0 Å². The third kappa shape index (κ3) is 7.62. The fraction of sp³-hybridized carbons (Fsp3) is 0.571. The SMILES string of the molecule is C=C[C@@H]1C[C@]1(NC(=O)[C@@H]1C[C@@H](Oc2ccnc3cc(OC)ccc23)CN1C(=O)[C@@H](CC(=O)OC(C)(C)C)C(C)(C)C)C(=O)OCC. The molecule has 46 heavy (non-hydrogen) atoms. The summed E-state index contributed by atoms with van der Waals surface area (Å²) in [5, 5.41) is 3.66. The average Bonchev–Trinajstić information content (AvgIpc) is 3.53. The fourth-order valence-corrected chi connectivity index (χ4v) is 5.96. The highest BCUT2D eigenvalue weighted by Gasteiger charge is 2.62. The lowest BCUT2D eigenvalue weighted by Gasteiger charge is -2.35. The van der Waals surface area contributed by atoms with E-state index in [4.69, 9.17) is 18.9 Å². The first-order valence-corrected chi connectivity index (χ1v) is 15.8. The molecule has 1 aromatic carbocycles. The zero-order chi connectivity index (χ0) is 34.0. The summed E-state index contributed by atoms with van der Waals surface area (Å²) >= 11 is 0. The summed E-state index contributed by atoms with van der Waals surface area (Å²) in [6, 6.07) is 6.23. The molecule has 1 N–H and O–H groups in total. The largest absolute Gasteiger partial charge is 0.497 e. The molecule has 11 heteroatoms. The molecule has 250 valence electrons. The summed E-state index contributed by atoms with van der Waals surface area (Å²) in [4.78, 5) is 60.2. The van der Waals surface area contributed by atoms with Crippen LogP contribution < -0.4 is 14.8 Å². The monoisotopic (exact) mass is 637 g/mol. The number of pyridine rings is 1. The number of carbonyl (C=O) groups is 4. The molecule has 11 nitrogen and oxygen atoms in total. The van der Waals surface area contributed by atoms with Gasteiger partial charge < -0.3 is 29.2 Å². The highest BCUT2D eigenvalue weighted by Crippen LogP contribution is 2.46. The maximum atomic E-state index is 14.4. The van der Waals surface area contributed by atoms with Crippen LogP contribution in [0.1, 0.15) is 67.7 Å². The molecule has 2 aromatic rings. The van der Waals surface area contributed by atoms with Gasteiger partial charge >= 0.3 is 11.9 Å². The van der Waals surface area contributed by atoms with Crippen molar-refractivity contribution in [1.82, 2.24) is 15.2 Å². The Hall–Kier alpha value is -4.15. The van der Waals surface area contributed by atoms with Crippen LogP contribution in [0.4, 0.5) is 0 Å². The van der Waals surface area contributed by atoms with E-state index in [1.54, 1.807) is 59.2 Å². The van der Waals surface area contributed by atoms with Crippen molar-refractivity contribution in [3.05, 3.63) is 43.1 Å². The van der Waals surface area contributed by atoms with Gasteiger partial charge in [0.1, 0.15) is 34.8 Å². The van der Waals surface area contributed by atoms with Gasteiger partial charge in [-0.3, -0.25) is 19.4 Å². The van der Waals surface area contributed by atoms with E-state index in [-0.39, 0.29) is 37.8 Å². The molecule has 2 heterocycles. The smallest absolute Gasteiger partial charge is 0.332 e. The van der Waals surface area contributed by atoms with Crippen LogP contribution >= 0.6 is 0 Å². The number of carbonyl (C=O) groups excluding carboxylic acids is 4. The number of esters is 2. The second kappa shape index (κ2) is 13.3. The summed E-state index contributed by atoms with van der Waals surface area (Å²) in [6.07, 6.45) is 3.05. The number of amides is 2. The molecule has 0 radical (unpaired) electrons. The van der Waals surface area contributed by atoms with Crippen molar-refractivity contribution in [3.63, 3.8) is 0 Å². The van der Waals surface area contributed by atoms with Gasteiger partial charge in [0.2, 0.25) is 11.8 Å². The zero-order valence-corrected chi connectivity index (χ0v) is 28.2. The minimum absolute atomic E-state index is 0.0923. The Kier molecular flexibility index (Phi) is 10.0. The van der Waals surface area contributed by atoms with E-state index in [0.717, 1.165) is 5.39 Å². The molecular weight excluding hydrogens is 590 g/mol. The summed E-state index contributed by atoms with van der Waals surface area (Å²) in [7, 11) is 1.58. The molecule has 4 rings (SSSR count). The standard InChI is InChI=1S/C35H47N3O8/c1-10-21-19-35(21,32(42)44-11-2)37-30(40)27-17-23(45-28-14-15-36-26-16-22(43-9)12-13-24(26)28)20-38(27)31(41)25(33(3,4)5)18-29(39)46-34(6,7)8/h10,12-16,21,23,25,27H,1,11,17-20H2,2-9H3,(H,37,40)/t21-,23-,25-,27+,35-/m1/s1. The third-order valence-corrected chi connectivity index (χ3v) is 8.47. The van der Waals surface area contributed by atoms with Crippen molar-refractivity contribution in [3.8, 4) is 11.5 Å². The first kappa shape index (κ1) is 34.7. The summed E-state index contributed by atoms with van der Waals surface area (Å²) in [5.41, 5.74) is -1.92. The lowest BCUT2D eigenvalue weighted by molar-refractivity contribution is -0.161. The molecule has 2 fully saturated rings. The van der Waals surface area contributed by atoms with Crippen molar-refractivity contribution in [1.29, 1.82) is 0 Å². The molecular formula is C35H47N3O8. The van der Waals surface area contributed by atoms with E-state index in [9.17, 15) is 19.2 Å². The van der Waals surface area contributed by atoms with Gasteiger partial charge in [-0.05, 0) is 57.7 Å². The second-order valence-electron chi connectivity index (χ2n) is 14.1. The molecule has 1 aliphatic heterocycles. The van der Waals surface area contributed by atoms with Crippen molar-refractivity contribution >= 4 is 34.7 Å². The molecule has 5 atom stereocenters. The molecule has 0 bridgehead atoms. The van der Waals surface area contributed by atoms with Crippen LogP contribution in [-0.2, 0) is 28.7 Å². The minimum atomic E-state index is -1.23. The summed E-state index contributed by atoms with van der Waals surface area (Å²) < 4.78 is 22.6. The van der Waals surface area contributed by atoms with E-state index in [2.05, 4.69) is 16.9 Å². The van der Waals surface area contributed by atoms with Gasteiger partial charge in [0.05, 0.1) is 38.1 Å². The van der Waals surface area contributed by atoms with Crippen LogP contribution in [0.3, 0.4) is 0 Å². The van der Waals surface area contributed by atoms with E-state index >= 15 is 0 Å². The number of fused-ring (bicyclic) bond motifs is 1. The molecule has 1 saturated carbocycles. The van der Waals surface area contributed by atoms with Crippen LogP contribution in [0, 0.1) is 17.3 Å². The first-order valence-electron chi connectivity index (χ1n) is 15.8. The maximum Gasteiger partial charge on any atom is 0.332 e.